The average Bonchev–Trinajstić information content (AvgIpc) is 2.94. The van der Waals surface area contributed by atoms with Crippen LogP contribution < -0.4 is 0 Å². The summed E-state index contributed by atoms with van der Waals surface area (Å²) in [6.07, 6.45) is 1.23. The van der Waals surface area contributed by atoms with E-state index in [1.54, 1.807) is 12.1 Å². The minimum atomic E-state index is -3.54. The van der Waals surface area contributed by atoms with Gasteiger partial charge in [-0.15, -0.1) is 0 Å². The molecule has 0 saturated carbocycles. The van der Waals surface area contributed by atoms with Crippen molar-refractivity contribution < 1.29 is 21.6 Å². The van der Waals surface area contributed by atoms with Crippen LogP contribution in [0.15, 0.2) is 59.2 Å². The Bertz CT molecular complexity index is 967. The van der Waals surface area contributed by atoms with Gasteiger partial charge in [-0.3, -0.25) is 0 Å². The Morgan fingerprint density at radius 2 is 1.67 bits per heavy atom. The first-order valence-corrected chi connectivity index (χ1v) is 8.89. The van der Waals surface area contributed by atoms with Gasteiger partial charge >= 0.3 is 0 Å². The maximum Gasteiger partial charge on any atom is 0.226 e. The molecule has 0 saturated heterocycles. The number of oxazole rings is 1. The van der Waals surface area contributed by atoms with Crippen molar-refractivity contribution in [2.24, 2.45) is 0 Å². The first-order chi connectivity index (χ1) is 11.4. The van der Waals surface area contributed by atoms with E-state index in [0.29, 0.717) is 11.1 Å². The van der Waals surface area contributed by atoms with Crippen LogP contribution in [0.1, 0.15) is 11.3 Å². The quantitative estimate of drug-likeness (QED) is 0.704. The molecule has 1 aromatic heterocycles. The molecule has 0 aliphatic carbocycles. The Morgan fingerprint density at radius 3 is 2.38 bits per heavy atom. The summed E-state index contributed by atoms with van der Waals surface area (Å²) in [5.41, 5.74) is 0.998. The molecule has 0 radical (unpaired) electrons. The van der Waals surface area contributed by atoms with Crippen molar-refractivity contribution >= 4 is 9.84 Å². The Kier molecular flexibility index (Phi) is 4.44. The third-order valence-corrected chi connectivity index (χ3v) is 4.78. The molecule has 2 aromatic carbocycles. The molecular formula is C17H13F2NO3S. The van der Waals surface area contributed by atoms with Crippen LogP contribution in [-0.4, -0.2) is 13.4 Å². The summed E-state index contributed by atoms with van der Waals surface area (Å²) in [6.45, 7) is 0. The lowest BCUT2D eigenvalue weighted by atomic mass is 10.2. The molecule has 0 aliphatic heterocycles. The van der Waals surface area contributed by atoms with Gasteiger partial charge in [-0.05, 0) is 35.9 Å². The molecule has 4 nitrogen and oxygen atoms in total. The highest BCUT2D eigenvalue weighted by Gasteiger charge is 2.17. The molecule has 3 rings (SSSR count). The highest BCUT2D eigenvalue weighted by molar-refractivity contribution is 7.89. The smallest absolute Gasteiger partial charge is 0.226 e. The lowest BCUT2D eigenvalue weighted by Gasteiger charge is -2.02. The highest BCUT2D eigenvalue weighted by Crippen LogP contribution is 2.21. The number of hydrogen-bond donors (Lipinski definition) is 0. The van der Waals surface area contributed by atoms with Crippen LogP contribution >= 0.6 is 0 Å². The summed E-state index contributed by atoms with van der Waals surface area (Å²) in [5.74, 6) is -1.43. The van der Waals surface area contributed by atoms with Crippen LogP contribution in [0.4, 0.5) is 8.78 Å². The summed E-state index contributed by atoms with van der Waals surface area (Å²) >= 11 is 0. The van der Waals surface area contributed by atoms with Crippen LogP contribution in [-0.2, 0) is 21.3 Å². The van der Waals surface area contributed by atoms with Crippen LogP contribution in [0.2, 0.25) is 0 Å². The van der Waals surface area contributed by atoms with Gasteiger partial charge in [-0.1, -0.05) is 18.2 Å². The van der Waals surface area contributed by atoms with Gasteiger partial charge in [0.15, 0.2) is 9.84 Å². The summed E-state index contributed by atoms with van der Waals surface area (Å²) in [5, 5.41) is 0. The Labute approximate surface area is 137 Å². The first-order valence-electron chi connectivity index (χ1n) is 7.06. The topological polar surface area (TPSA) is 60.2 Å². The number of halogens is 2. The molecule has 0 amide bonds. The molecule has 0 N–H and O–H groups in total. The summed E-state index contributed by atoms with van der Waals surface area (Å²) < 4.78 is 56.0. The summed E-state index contributed by atoms with van der Waals surface area (Å²) in [7, 11) is -3.54. The SMILES string of the molecule is O=S(=O)(Cc1cccc(F)c1)Cc1coc(-c2cccc(F)c2)n1. The Hall–Kier alpha value is -2.54. The van der Waals surface area contributed by atoms with Crippen molar-refractivity contribution in [2.75, 3.05) is 0 Å². The van der Waals surface area contributed by atoms with Crippen LogP contribution in [0.3, 0.4) is 0 Å². The van der Waals surface area contributed by atoms with Crippen LogP contribution in [0.25, 0.3) is 11.5 Å². The van der Waals surface area contributed by atoms with Crippen molar-refractivity contribution in [3.63, 3.8) is 0 Å². The lowest BCUT2D eigenvalue weighted by Crippen LogP contribution is -2.08. The second-order valence-electron chi connectivity index (χ2n) is 5.32. The monoisotopic (exact) mass is 349 g/mol. The molecule has 24 heavy (non-hydrogen) atoms. The van der Waals surface area contributed by atoms with E-state index in [1.807, 2.05) is 0 Å². The fourth-order valence-electron chi connectivity index (χ4n) is 2.28. The molecule has 1 heterocycles. The molecule has 0 atom stereocenters. The van der Waals surface area contributed by atoms with Crippen molar-refractivity contribution in [1.82, 2.24) is 4.98 Å². The molecular weight excluding hydrogens is 336 g/mol. The van der Waals surface area contributed by atoms with Gasteiger partial charge in [0.2, 0.25) is 5.89 Å². The van der Waals surface area contributed by atoms with E-state index in [2.05, 4.69) is 4.98 Å². The lowest BCUT2D eigenvalue weighted by molar-refractivity contribution is 0.570. The maximum absolute atomic E-state index is 13.2. The van der Waals surface area contributed by atoms with E-state index in [1.165, 1.54) is 42.7 Å². The zero-order chi connectivity index (χ0) is 17.2. The molecule has 124 valence electrons. The molecule has 0 aliphatic rings. The predicted molar refractivity (Wildman–Crippen MR) is 84.6 cm³/mol. The van der Waals surface area contributed by atoms with E-state index >= 15 is 0 Å². The molecule has 0 fully saturated rings. The number of nitrogens with zero attached hydrogens (tertiary/aromatic N) is 1. The third-order valence-electron chi connectivity index (χ3n) is 3.27. The van der Waals surface area contributed by atoms with E-state index in [-0.39, 0.29) is 23.1 Å². The first kappa shape index (κ1) is 16.3. The predicted octanol–water partition coefficient (Wildman–Crippen LogP) is 3.73. The minimum absolute atomic E-state index is 0.144. The molecule has 0 spiro atoms. The van der Waals surface area contributed by atoms with Crippen LogP contribution in [0, 0.1) is 11.6 Å². The van der Waals surface area contributed by atoms with E-state index in [9.17, 15) is 17.2 Å². The van der Waals surface area contributed by atoms with Gasteiger partial charge < -0.3 is 4.42 Å². The largest absolute Gasteiger partial charge is 0.444 e. The number of sulfone groups is 1. The fraction of sp³-hybridized carbons (Fsp3) is 0.118. The van der Waals surface area contributed by atoms with E-state index < -0.39 is 21.5 Å². The van der Waals surface area contributed by atoms with Gasteiger partial charge in [0.1, 0.15) is 17.9 Å². The Morgan fingerprint density at radius 1 is 0.958 bits per heavy atom. The number of rotatable bonds is 5. The molecule has 0 unspecified atom stereocenters. The molecule has 7 heteroatoms. The van der Waals surface area contributed by atoms with Crippen molar-refractivity contribution in [2.45, 2.75) is 11.5 Å². The fourth-order valence-corrected chi connectivity index (χ4v) is 3.66. The van der Waals surface area contributed by atoms with Crippen LogP contribution in [0.5, 0.6) is 0 Å². The van der Waals surface area contributed by atoms with Gasteiger partial charge in [-0.25, -0.2) is 22.2 Å². The van der Waals surface area contributed by atoms with Gasteiger partial charge in [0, 0.05) is 5.56 Å². The Balaban J connectivity index is 1.76. The summed E-state index contributed by atoms with van der Waals surface area (Å²) in [4.78, 5) is 4.08. The van der Waals surface area contributed by atoms with Gasteiger partial charge in [0.05, 0.1) is 17.2 Å². The summed E-state index contributed by atoms with van der Waals surface area (Å²) in [6, 6.07) is 11.1. The van der Waals surface area contributed by atoms with Crippen molar-refractivity contribution in [1.29, 1.82) is 0 Å². The third kappa shape index (κ3) is 4.05. The number of aromatic nitrogens is 1. The number of hydrogen-bond acceptors (Lipinski definition) is 4. The van der Waals surface area contributed by atoms with Gasteiger partial charge in [0.25, 0.3) is 0 Å². The number of benzene rings is 2. The molecule has 3 aromatic rings. The normalized spacial score (nSPS) is 11.6. The van der Waals surface area contributed by atoms with E-state index in [4.69, 9.17) is 4.42 Å². The zero-order valence-electron chi connectivity index (χ0n) is 12.4. The van der Waals surface area contributed by atoms with Crippen molar-refractivity contribution in [3.8, 4) is 11.5 Å². The second-order valence-corrected chi connectivity index (χ2v) is 7.38. The second kappa shape index (κ2) is 6.52. The van der Waals surface area contributed by atoms with E-state index in [0.717, 1.165) is 0 Å². The van der Waals surface area contributed by atoms with Crippen molar-refractivity contribution in [3.05, 3.63) is 77.7 Å². The highest BCUT2D eigenvalue weighted by atomic mass is 32.2. The minimum Gasteiger partial charge on any atom is -0.444 e. The molecule has 0 bridgehead atoms. The van der Waals surface area contributed by atoms with Gasteiger partial charge in [-0.2, -0.15) is 0 Å². The maximum atomic E-state index is 13.2. The average molecular weight is 349 g/mol. The zero-order valence-corrected chi connectivity index (χ0v) is 13.3. The standard InChI is InChI=1S/C17H13F2NO3S/c18-14-5-1-3-12(7-14)10-24(21,22)11-16-9-23-17(20-16)13-4-2-6-15(19)8-13/h1-9H,10-11H2.